The van der Waals surface area contributed by atoms with E-state index in [0.29, 0.717) is 32.1 Å². The van der Waals surface area contributed by atoms with Gasteiger partial charge in [-0.15, -0.1) is 0 Å². The Bertz CT molecular complexity index is 558. The van der Waals surface area contributed by atoms with Gasteiger partial charge in [-0.3, -0.25) is 4.98 Å². The third-order valence-electron chi connectivity index (χ3n) is 3.91. The zero-order chi connectivity index (χ0) is 14.7. The SMILES string of the molecule is O=S(=O)(C[C@H]1CCOC1)N1CC[C@@H](Oc2cccnc2)C1. The summed E-state index contributed by atoms with van der Waals surface area (Å²) < 4.78 is 37.4. The summed E-state index contributed by atoms with van der Waals surface area (Å²) in [6, 6.07) is 3.64. The van der Waals surface area contributed by atoms with Crippen LogP contribution in [0.2, 0.25) is 0 Å². The summed E-state index contributed by atoms with van der Waals surface area (Å²) in [5, 5.41) is 0. The summed E-state index contributed by atoms with van der Waals surface area (Å²) in [5.41, 5.74) is 0. The largest absolute Gasteiger partial charge is 0.487 e. The summed E-state index contributed by atoms with van der Waals surface area (Å²) in [5.74, 6) is 1.01. The van der Waals surface area contributed by atoms with Crippen LogP contribution < -0.4 is 4.74 Å². The minimum atomic E-state index is -3.21. The molecule has 21 heavy (non-hydrogen) atoms. The van der Waals surface area contributed by atoms with Gasteiger partial charge in [0, 0.05) is 19.3 Å². The molecule has 0 N–H and O–H groups in total. The first kappa shape index (κ1) is 14.7. The maximum Gasteiger partial charge on any atom is 0.214 e. The van der Waals surface area contributed by atoms with E-state index in [-0.39, 0.29) is 17.8 Å². The number of hydrogen-bond donors (Lipinski definition) is 0. The molecule has 0 unspecified atom stereocenters. The number of rotatable bonds is 5. The van der Waals surface area contributed by atoms with E-state index in [2.05, 4.69) is 4.98 Å². The Balaban J connectivity index is 1.56. The third-order valence-corrected chi connectivity index (χ3v) is 5.92. The molecule has 116 valence electrons. The van der Waals surface area contributed by atoms with Crippen LogP contribution in [-0.4, -0.2) is 55.9 Å². The lowest BCUT2D eigenvalue weighted by molar-refractivity contribution is 0.188. The van der Waals surface area contributed by atoms with E-state index < -0.39 is 10.0 Å². The fourth-order valence-corrected chi connectivity index (χ4v) is 4.62. The number of sulfonamides is 1. The first-order valence-electron chi connectivity index (χ1n) is 7.26. The molecule has 0 amide bonds. The molecule has 0 aromatic carbocycles. The van der Waals surface area contributed by atoms with Crippen LogP contribution in [0, 0.1) is 5.92 Å². The Morgan fingerprint density at radius 3 is 3.05 bits per heavy atom. The Morgan fingerprint density at radius 2 is 2.33 bits per heavy atom. The molecule has 1 aromatic rings. The molecule has 0 saturated carbocycles. The second-order valence-electron chi connectivity index (χ2n) is 5.58. The zero-order valence-electron chi connectivity index (χ0n) is 11.8. The van der Waals surface area contributed by atoms with E-state index in [9.17, 15) is 8.42 Å². The van der Waals surface area contributed by atoms with Gasteiger partial charge in [0.25, 0.3) is 0 Å². The van der Waals surface area contributed by atoms with Crippen molar-refractivity contribution < 1.29 is 17.9 Å². The zero-order valence-corrected chi connectivity index (χ0v) is 12.7. The molecule has 2 atom stereocenters. The van der Waals surface area contributed by atoms with Gasteiger partial charge in [-0.1, -0.05) is 0 Å². The Kier molecular flexibility index (Phi) is 4.42. The monoisotopic (exact) mass is 312 g/mol. The van der Waals surface area contributed by atoms with E-state index in [1.165, 1.54) is 0 Å². The molecule has 0 bridgehead atoms. The first-order chi connectivity index (χ1) is 10.1. The van der Waals surface area contributed by atoms with Gasteiger partial charge < -0.3 is 9.47 Å². The minimum absolute atomic E-state index is 0.0937. The molecule has 2 fully saturated rings. The molecule has 3 rings (SSSR count). The highest BCUT2D eigenvalue weighted by atomic mass is 32.2. The lowest BCUT2D eigenvalue weighted by Crippen LogP contribution is -2.35. The Labute approximate surface area is 125 Å². The van der Waals surface area contributed by atoms with Crippen molar-refractivity contribution in [1.29, 1.82) is 0 Å². The third kappa shape index (κ3) is 3.72. The topological polar surface area (TPSA) is 68.7 Å². The maximum atomic E-state index is 12.4. The number of nitrogens with zero attached hydrogens (tertiary/aromatic N) is 2. The molecule has 7 heteroatoms. The molecule has 0 radical (unpaired) electrons. The smallest absolute Gasteiger partial charge is 0.214 e. The lowest BCUT2D eigenvalue weighted by Gasteiger charge is -2.18. The molecular formula is C14H20N2O4S. The number of ether oxygens (including phenoxy) is 2. The van der Waals surface area contributed by atoms with Crippen molar-refractivity contribution in [1.82, 2.24) is 9.29 Å². The van der Waals surface area contributed by atoms with Crippen LogP contribution >= 0.6 is 0 Å². The van der Waals surface area contributed by atoms with Crippen molar-refractivity contribution in [3.63, 3.8) is 0 Å². The molecule has 3 heterocycles. The van der Waals surface area contributed by atoms with Gasteiger partial charge in [0.2, 0.25) is 10.0 Å². The maximum absolute atomic E-state index is 12.4. The minimum Gasteiger partial charge on any atom is -0.487 e. The standard InChI is InChI=1S/C14H20N2O4S/c17-21(18,11-12-4-7-19-10-12)16-6-3-14(9-16)20-13-2-1-5-15-8-13/h1-2,5,8,12,14H,3-4,6-7,9-11H2/t12-,14+/m0/s1. The highest BCUT2D eigenvalue weighted by Crippen LogP contribution is 2.22. The van der Waals surface area contributed by atoms with Crippen molar-refractivity contribution in [3.8, 4) is 5.75 Å². The van der Waals surface area contributed by atoms with Crippen molar-refractivity contribution in [2.45, 2.75) is 18.9 Å². The van der Waals surface area contributed by atoms with Gasteiger partial charge in [0.05, 0.1) is 25.1 Å². The second-order valence-corrected chi connectivity index (χ2v) is 7.60. The van der Waals surface area contributed by atoms with Crippen LogP contribution in [0.1, 0.15) is 12.8 Å². The fourth-order valence-electron chi connectivity index (χ4n) is 2.77. The summed E-state index contributed by atoms with van der Waals surface area (Å²) in [7, 11) is -3.21. The molecule has 6 nitrogen and oxygen atoms in total. The average molecular weight is 312 g/mol. The van der Waals surface area contributed by atoms with Gasteiger partial charge in [-0.05, 0) is 30.9 Å². The molecule has 2 saturated heterocycles. The number of pyridine rings is 1. The van der Waals surface area contributed by atoms with Crippen LogP contribution in [0.4, 0.5) is 0 Å². The lowest BCUT2D eigenvalue weighted by atomic mass is 10.2. The summed E-state index contributed by atoms with van der Waals surface area (Å²) in [4.78, 5) is 3.99. The predicted octanol–water partition coefficient (Wildman–Crippen LogP) is 0.901. The van der Waals surface area contributed by atoms with Crippen LogP contribution in [-0.2, 0) is 14.8 Å². The highest BCUT2D eigenvalue weighted by molar-refractivity contribution is 7.89. The molecular weight excluding hydrogens is 292 g/mol. The van der Waals surface area contributed by atoms with Crippen molar-refractivity contribution in [3.05, 3.63) is 24.5 Å². The number of hydrogen-bond acceptors (Lipinski definition) is 5. The molecule has 0 aliphatic carbocycles. The van der Waals surface area contributed by atoms with Gasteiger partial charge in [-0.25, -0.2) is 8.42 Å². The highest BCUT2D eigenvalue weighted by Gasteiger charge is 2.34. The summed E-state index contributed by atoms with van der Waals surface area (Å²) >= 11 is 0. The van der Waals surface area contributed by atoms with Crippen LogP contribution in [0.5, 0.6) is 5.75 Å². The van der Waals surface area contributed by atoms with Gasteiger partial charge in [-0.2, -0.15) is 4.31 Å². The molecule has 2 aliphatic heterocycles. The van der Waals surface area contributed by atoms with Gasteiger partial charge in [0.1, 0.15) is 11.9 Å². The quantitative estimate of drug-likeness (QED) is 0.808. The van der Waals surface area contributed by atoms with E-state index in [4.69, 9.17) is 9.47 Å². The van der Waals surface area contributed by atoms with Gasteiger partial charge >= 0.3 is 0 Å². The van der Waals surface area contributed by atoms with E-state index in [1.807, 2.05) is 6.07 Å². The number of aromatic nitrogens is 1. The van der Waals surface area contributed by atoms with Crippen LogP contribution in [0.3, 0.4) is 0 Å². The predicted molar refractivity (Wildman–Crippen MR) is 77.6 cm³/mol. The van der Waals surface area contributed by atoms with E-state index in [1.54, 1.807) is 22.8 Å². The van der Waals surface area contributed by atoms with Crippen LogP contribution in [0.15, 0.2) is 24.5 Å². The van der Waals surface area contributed by atoms with Crippen LogP contribution in [0.25, 0.3) is 0 Å². The molecule has 2 aliphatic rings. The van der Waals surface area contributed by atoms with Crippen molar-refractivity contribution in [2.75, 3.05) is 32.1 Å². The van der Waals surface area contributed by atoms with E-state index in [0.717, 1.165) is 12.8 Å². The van der Waals surface area contributed by atoms with Gasteiger partial charge in [0.15, 0.2) is 0 Å². The Hall–Kier alpha value is -1.18. The summed E-state index contributed by atoms with van der Waals surface area (Å²) in [6.45, 7) is 2.18. The first-order valence-corrected chi connectivity index (χ1v) is 8.87. The second kappa shape index (κ2) is 6.29. The molecule has 0 spiro atoms. The normalized spacial score (nSPS) is 27.0. The summed E-state index contributed by atoms with van der Waals surface area (Å²) in [6.07, 6.45) is 4.79. The fraction of sp³-hybridized carbons (Fsp3) is 0.643. The average Bonchev–Trinajstić information content (AvgIpc) is 3.11. The van der Waals surface area contributed by atoms with Crippen molar-refractivity contribution >= 4 is 10.0 Å². The Morgan fingerprint density at radius 1 is 1.43 bits per heavy atom. The van der Waals surface area contributed by atoms with E-state index >= 15 is 0 Å². The van der Waals surface area contributed by atoms with Crippen molar-refractivity contribution in [2.24, 2.45) is 5.92 Å². The molecule has 1 aromatic heterocycles.